The molecule has 1 heterocycles. The third-order valence-electron chi connectivity index (χ3n) is 5.18. The highest BCUT2D eigenvalue weighted by Gasteiger charge is 2.42. The molecule has 1 fully saturated rings. The van der Waals surface area contributed by atoms with Crippen LogP contribution < -0.4 is 21.1 Å². The molecule has 0 aromatic heterocycles. The lowest BCUT2D eigenvalue weighted by Crippen LogP contribution is -2.58. The summed E-state index contributed by atoms with van der Waals surface area (Å²) in [5.41, 5.74) is 13.9. The molecule has 4 N–H and O–H groups in total. The van der Waals surface area contributed by atoms with E-state index in [1.807, 2.05) is 59.5 Å². The molecule has 0 radical (unpaired) electrons. The Morgan fingerprint density at radius 3 is 2.52 bits per heavy atom. The van der Waals surface area contributed by atoms with Crippen molar-refractivity contribution in [2.75, 3.05) is 4.90 Å². The summed E-state index contributed by atoms with van der Waals surface area (Å²) in [7, 11) is 0. The van der Waals surface area contributed by atoms with Crippen LogP contribution in [-0.2, 0) is 6.61 Å². The molecule has 1 saturated carbocycles. The smallest absolute Gasteiger partial charge is 0.220 e. The number of rotatable bonds is 4. The molecule has 6 nitrogen and oxygen atoms in total. The third kappa shape index (κ3) is 3.60. The van der Waals surface area contributed by atoms with Crippen LogP contribution in [0.3, 0.4) is 0 Å². The predicted molar refractivity (Wildman–Crippen MR) is 109 cm³/mol. The van der Waals surface area contributed by atoms with E-state index in [-0.39, 0.29) is 5.96 Å². The minimum atomic E-state index is -0.438. The number of nitrogens with zero attached hydrogens (tertiary/aromatic N) is 3. The van der Waals surface area contributed by atoms with Gasteiger partial charge in [-0.15, -0.1) is 0 Å². The van der Waals surface area contributed by atoms with Gasteiger partial charge < -0.3 is 16.2 Å². The number of anilines is 1. The topological polar surface area (TPSA) is 89.2 Å². The summed E-state index contributed by atoms with van der Waals surface area (Å²) in [6, 6.07) is 18.1. The fraction of sp³-hybridized carbons (Fsp3) is 0.333. The molecule has 0 atom stereocenters. The molecule has 1 aliphatic heterocycles. The monoisotopic (exact) mass is 363 g/mol. The summed E-state index contributed by atoms with van der Waals surface area (Å²) in [5.74, 6) is 1.45. The van der Waals surface area contributed by atoms with Crippen molar-refractivity contribution in [3.8, 4) is 5.75 Å². The van der Waals surface area contributed by atoms with E-state index in [1.165, 1.54) is 6.42 Å². The highest BCUT2D eigenvalue weighted by molar-refractivity contribution is 6.05. The van der Waals surface area contributed by atoms with Gasteiger partial charge in [0.1, 0.15) is 18.0 Å². The van der Waals surface area contributed by atoms with Gasteiger partial charge in [0, 0.05) is 11.8 Å². The Morgan fingerprint density at radius 2 is 1.74 bits per heavy atom. The Bertz CT molecular complexity index is 856. The first kappa shape index (κ1) is 17.4. The highest BCUT2D eigenvalue weighted by Crippen LogP contribution is 2.40. The van der Waals surface area contributed by atoms with Crippen LogP contribution in [0.2, 0.25) is 0 Å². The van der Waals surface area contributed by atoms with Crippen molar-refractivity contribution in [2.24, 2.45) is 21.5 Å². The zero-order valence-corrected chi connectivity index (χ0v) is 15.3. The van der Waals surface area contributed by atoms with Gasteiger partial charge in [-0.1, -0.05) is 42.8 Å². The Hall–Kier alpha value is -3.02. The molecule has 140 valence electrons. The van der Waals surface area contributed by atoms with Gasteiger partial charge in [0.15, 0.2) is 0 Å². The van der Waals surface area contributed by atoms with Crippen molar-refractivity contribution in [2.45, 2.75) is 44.4 Å². The van der Waals surface area contributed by atoms with Crippen LogP contribution in [0, 0.1) is 0 Å². The summed E-state index contributed by atoms with van der Waals surface area (Å²) in [4.78, 5) is 11.0. The van der Waals surface area contributed by atoms with E-state index in [9.17, 15) is 0 Å². The fourth-order valence-corrected chi connectivity index (χ4v) is 3.95. The molecule has 0 amide bonds. The lowest BCUT2D eigenvalue weighted by atomic mass is 9.87. The van der Waals surface area contributed by atoms with Crippen molar-refractivity contribution < 1.29 is 4.74 Å². The Balaban J connectivity index is 1.60. The molecule has 2 aromatic rings. The predicted octanol–water partition coefficient (Wildman–Crippen LogP) is 3.38. The van der Waals surface area contributed by atoms with Crippen molar-refractivity contribution in [1.82, 2.24) is 0 Å². The van der Waals surface area contributed by atoms with Gasteiger partial charge in [-0.05, 0) is 43.4 Å². The molecule has 1 aliphatic carbocycles. The van der Waals surface area contributed by atoms with E-state index in [4.69, 9.17) is 21.2 Å². The number of nitrogens with two attached hydrogens (primary N) is 2. The second-order valence-corrected chi connectivity index (χ2v) is 7.09. The molecule has 0 bridgehead atoms. The van der Waals surface area contributed by atoms with Gasteiger partial charge in [-0.3, -0.25) is 4.90 Å². The van der Waals surface area contributed by atoms with Gasteiger partial charge in [-0.25, -0.2) is 4.99 Å². The van der Waals surface area contributed by atoms with E-state index >= 15 is 0 Å². The summed E-state index contributed by atoms with van der Waals surface area (Å²) in [5, 5.41) is 0. The summed E-state index contributed by atoms with van der Waals surface area (Å²) in [6.45, 7) is 0.518. The standard InChI is InChI=1S/C21H25N5O/c22-19-24-20(23)26(21(25-19)12-5-2-6-13-21)17-10-7-11-18(14-17)27-15-16-8-3-1-4-9-16/h1,3-4,7-11,14H,2,5-6,12-13,15H2,(H4,22,23,24,25). The number of ether oxygens (including phenoxy) is 1. The maximum Gasteiger partial charge on any atom is 0.220 e. The first-order valence-corrected chi connectivity index (χ1v) is 9.43. The van der Waals surface area contributed by atoms with Crippen molar-refractivity contribution in [1.29, 1.82) is 0 Å². The molecule has 0 unspecified atom stereocenters. The van der Waals surface area contributed by atoms with Crippen LogP contribution in [-0.4, -0.2) is 17.6 Å². The maximum absolute atomic E-state index is 6.30. The van der Waals surface area contributed by atoms with Gasteiger partial charge in [0.25, 0.3) is 0 Å². The molecule has 6 heteroatoms. The molecule has 1 spiro atoms. The first-order chi connectivity index (χ1) is 13.2. The summed E-state index contributed by atoms with van der Waals surface area (Å²) >= 11 is 0. The summed E-state index contributed by atoms with van der Waals surface area (Å²) in [6.07, 6.45) is 5.25. The Morgan fingerprint density at radius 1 is 0.963 bits per heavy atom. The van der Waals surface area contributed by atoms with Crippen LogP contribution in [0.4, 0.5) is 5.69 Å². The van der Waals surface area contributed by atoms with E-state index in [2.05, 4.69) is 4.99 Å². The quantitative estimate of drug-likeness (QED) is 0.871. The van der Waals surface area contributed by atoms with Crippen LogP contribution >= 0.6 is 0 Å². The zero-order valence-electron chi connectivity index (χ0n) is 15.3. The second kappa shape index (κ2) is 7.31. The second-order valence-electron chi connectivity index (χ2n) is 7.09. The highest BCUT2D eigenvalue weighted by atomic mass is 16.5. The average Bonchev–Trinajstić information content (AvgIpc) is 2.67. The normalized spacial score (nSPS) is 18.7. The molecule has 2 aromatic carbocycles. The molecule has 4 rings (SSSR count). The minimum absolute atomic E-state index is 0.266. The van der Waals surface area contributed by atoms with E-state index in [0.717, 1.165) is 42.7 Å². The molecular formula is C21H25N5O. The lowest BCUT2D eigenvalue weighted by Gasteiger charge is -2.45. The number of hydrogen-bond acceptors (Lipinski definition) is 6. The minimum Gasteiger partial charge on any atom is -0.489 e. The molecular weight excluding hydrogens is 338 g/mol. The lowest BCUT2D eigenvalue weighted by molar-refractivity contribution is 0.301. The van der Waals surface area contributed by atoms with Crippen LogP contribution in [0.25, 0.3) is 0 Å². The molecule has 0 saturated heterocycles. The van der Waals surface area contributed by atoms with Crippen LogP contribution in [0.5, 0.6) is 5.75 Å². The number of guanidine groups is 2. The number of aliphatic imine (C=N–C) groups is 2. The van der Waals surface area contributed by atoms with Crippen LogP contribution in [0.1, 0.15) is 37.7 Å². The largest absolute Gasteiger partial charge is 0.489 e. The van der Waals surface area contributed by atoms with Crippen molar-refractivity contribution >= 4 is 17.6 Å². The average molecular weight is 363 g/mol. The Kier molecular flexibility index (Phi) is 4.71. The van der Waals surface area contributed by atoms with Gasteiger partial charge in [0.2, 0.25) is 11.9 Å². The maximum atomic E-state index is 6.30. The third-order valence-corrected chi connectivity index (χ3v) is 5.18. The molecule has 2 aliphatic rings. The number of hydrogen-bond donors (Lipinski definition) is 2. The first-order valence-electron chi connectivity index (χ1n) is 9.43. The van der Waals surface area contributed by atoms with E-state index in [1.54, 1.807) is 0 Å². The van der Waals surface area contributed by atoms with Crippen molar-refractivity contribution in [3.05, 3.63) is 60.2 Å². The van der Waals surface area contributed by atoms with Crippen LogP contribution in [0.15, 0.2) is 64.6 Å². The Labute approximate surface area is 159 Å². The van der Waals surface area contributed by atoms with Gasteiger partial charge in [0.05, 0.1) is 0 Å². The van der Waals surface area contributed by atoms with E-state index < -0.39 is 5.66 Å². The van der Waals surface area contributed by atoms with Gasteiger partial charge >= 0.3 is 0 Å². The zero-order chi connectivity index (χ0) is 18.7. The summed E-state index contributed by atoms with van der Waals surface area (Å²) < 4.78 is 5.99. The van der Waals surface area contributed by atoms with Crippen molar-refractivity contribution in [3.63, 3.8) is 0 Å². The van der Waals surface area contributed by atoms with E-state index in [0.29, 0.717) is 12.6 Å². The van der Waals surface area contributed by atoms with Gasteiger partial charge in [-0.2, -0.15) is 4.99 Å². The fourth-order valence-electron chi connectivity index (χ4n) is 3.95. The number of benzene rings is 2. The SMILES string of the molecule is NC1=NC2(CCCCC2)N(c2cccc(OCc3ccccc3)c2)C(N)=N1. The molecule has 27 heavy (non-hydrogen) atoms.